The van der Waals surface area contributed by atoms with Crippen molar-refractivity contribution < 1.29 is 0 Å². The molecular formula is C15H14Br2ClN. The fourth-order valence-corrected chi connectivity index (χ4v) is 3.09. The zero-order valence-electron chi connectivity index (χ0n) is 10.5. The average molecular weight is 404 g/mol. The third-order valence-electron chi connectivity index (χ3n) is 2.91. The Balaban J connectivity index is 2.24. The van der Waals surface area contributed by atoms with Gasteiger partial charge in [-0.2, -0.15) is 0 Å². The Labute approximate surface area is 135 Å². The van der Waals surface area contributed by atoms with E-state index in [9.17, 15) is 0 Å². The summed E-state index contributed by atoms with van der Waals surface area (Å²) < 4.78 is 1.10. The smallest absolute Gasteiger partial charge is 0.0426 e. The van der Waals surface area contributed by atoms with Gasteiger partial charge in [-0.1, -0.05) is 61.7 Å². The van der Waals surface area contributed by atoms with Crippen LogP contribution in [-0.4, -0.2) is 7.05 Å². The molecule has 19 heavy (non-hydrogen) atoms. The lowest BCUT2D eigenvalue weighted by Gasteiger charge is -2.22. The first-order chi connectivity index (χ1) is 9.10. The van der Waals surface area contributed by atoms with E-state index < -0.39 is 0 Å². The van der Waals surface area contributed by atoms with E-state index >= 15 is 0 Å². The summed E-state index contributed by atoms with van der Waals surface area (Å²) in [5, 5.41) is 1.59. The lowest BCUT2D eigenvalue weighted by molar-refractivity contribution is 0.916. The monoisotopic (exact) mass is 401 g/mol. The molecule has 2 aromatic carbocycles. The molecule has 0 N–H and O–H groups in total. The first-order valence-corrected chi connectivity index (χ1v) is 8.19. The number of rotatable bonds is 4. The number of benzene rings is 2. The Bertz CT molecular complexity index is 572. The molecule has 0 atom stereocenters. The summed E-state index contributed by atoms with van der Waals surface area (Å²) in [5.74, 6) is 0. The minimum Gasteiger partial charge on any atom is -0.370 e. The van der Waals surface area contributed by atoms with E-state index in [0.717, 1.165) is 27.1 Å². The van der Waals surface area contributed by atoms with Crippen LogP contribution in [0.5, 0.6) is 0 Å². The highest BCUT2D eigenvalue weighted by Gasteiger charge is 2.08. The van der Waals surface area contributed by atoms with E-state index in [0.29, 0.717) is 0 Å². The summed E-state index contributed by atoms with van der Waals surface area (Å²) in [6.45, 7) is 0.847. The van der Waals surface area contributed by atoms with Gasteiger partial charge < -0.3 is 4.90 Å². The molecule has 0 radical (unpaired) electrons. The number of hydrogen-bond acceptors (Lipinski definition) is 1. The first kappa shape index (κ1) is 14.9. The van der Waals surface area contributed by atoms with Gasteiger partial charge in [0.05, 0.1) is 0 Å². The maximum atomic E-state index is 6.10. The highest BCUT2D eigenvalue weighted by molar-refractivity contribution is 9.10. The van der Waals surface area contributed by atoms with E-state index in [1.807, 2.05) is 18.2 Å². The van der Waals surface area contributed by atoms with Crippen LogP contribution in [0, 0.1) is 0 Å². The van der Waals surface area contributed by atoms with Gasteiger partial charge in [0.25, 0.3) is 0 Å². The van der Waals surface area contributed by atoms with Gasteiger partial charge >= 0.3 is 0 Å². The zero-order valence-corrected chi connectivity index (χ0v) is 14.5. The quantitative estimate of drug-likeness (QED) is 0.598. The van der Waals surface area contributed by atoms with Crippen LogP contribution in [0.1, 0.15) is 11.1 Å². The third kappa shape index (κ3) is 3.98. The largest absolute Gasteiger partial charge is 0.370 e. The van der Waals surface area contributed by atoms with Crippen LogP contribution >= 0.6 is 43.5 Å². The van der Waals surface area contributed by atoms with Crippen molar-refractivity contribution in [1.29, 1.82) is 0 Å². The summed E-state index contributed by atoms with van der Waals surface area (Å²) in [4.78, 5) is 2.21. The molecule has 100 valence electrons. The summed E-state index contributed by atoms with van der Waals surface area (Å²) in [6, 6.07) is 14.3. The second-order valence-corrected chi connectivity index (χ2v) is 6.31. The second kappa shape index (κ2) is 6.78. The molecule has 1 nitrogen and oxygen atoms in total. The van der Waals surface area contributed by atoms with Crippen LogP contribution in [0.2, 0.25) is 5.02 Å². The SMILES string of the molecule is CN(Cc1cccc(Br)c1)c1cc(Cl)ccc1CBr. The van der Waals surface area contributed by atoms with E-state index in [1.54, 1.807) is 0 Å². The minimum absolute atomic E-state index is 0.765. The molecule has 0 aliphatic rings. The Morgan fingerprint density at radius 2 is 1.95 bits per heavy atom. The number of anilines is 1. The fourth-order valence-electron chi connectivity index (χ4n) is 2.00. The summed E-state index contributed by atoms with van der Waals surface area (Å²) >= 11 is 13.1. The van der Waals surface area contributed by atoms with Crippen molar-refractivity contribution in [2.45, 2.75) is 11.9 Å². The highest BCUT2D eigenvalue weighted by atomic mass is 79.9. The lowest BCUT2D eigenvalue weighted by Crippen LogP contribution is -2.17. The molecule has 0 heterocycles. The Morgan fingerprint density at radius 3 is 2.63 bits per heavy atom. The van der Waals surface area contributed by atoms with Crippen molar-refractivity contribution in [3.8, 4) is 0 Å². The average Bonchev–Trinajstić information content (AvgIpc) is 2.38. The molecule has 0 fully saturated rings. The van der Waals surface area contributed by atoms with Gasteiger partial charge in [0.1, 0.15) is 0 Å². The third-order valence-corrected chi connectivity index (χ3v) is 4.24. The fraction of sp³-hybridized carbons (Fsp3) is 0.200. The van der Waals surface area contributed by atoms with Crippen LogP contribution < -0.4 is 4.90 Å². The van der Waals surface area contributed by atoms with Gasteiger partial charge in [0.15, 0.2) is 0 Å². The lowest BCUT2D eigenvalue weighted by atomic mass is 10.1. The number of halogens is 3. The molecule has 0 aliphatic carbocycles. The van der Waals surface area contributed by atoms with Gasteiger partial charge in [-0.25, -0.2) is 0 Å². The molecule has 0 unspecified atom stereocenters. The topological polar surface area (TPSA) is 3.24 Å². The van der Waals surface area contributed by atoms with Gasteiger partial charge in [0, 0.05) is 34.1 Å². The van der Waals surface area contributed by atoms with Crippen molar-refractivity contribution in [3.63, 3.8) is 0 Å². The zero-order chi connectivity index (χ0) is 13.8. The highest BCUT2D eigenvalue weighted by Crippen LogP contribution is 2.27. The summed E-state index contributed by atoms with van der Waals surface area (Å²) in [6.07, 6.45) is 0. The normalized spacial score (nSPS) is 10.5. The molecule has 0 aromatic heterocycles. The van der Waals surface area contributed by atoms with Gasteiger partial charge in [-0.05, 0) is 35.4 Å². The molecule has 0 saturated heterocycles. The molecule has 2 rings (SSSR count). The Morgan fingerprint density at radius 1 is 1.16 bits per heavy atom. The van der Waals surface area contributed by atoms with E-state index in [1.165, 1.54) is 11.1 Å². The van der Waals surface area contributed by atoms with Crippen molar-refractivity contribution in [2.75, 3.05) is 11.9 Å². The molecule has 0 saturated carbocycles. The van der Waals surface area contributed by atoms with Crippen molar-refractivity contribution >= 4 is 49.1 Å². The molecule has 0 bridgehead atoms. The van der Waals surface area contributed by atoms with E-state index in [-0.39, 0.29) is 0 Å². The van der Waals surface area contributed by atoms with Gasteiger partial charge in [0.2, 0.25) is 0 Å². The Hall–Kier alpha value is -0.510. The number of alkyl halides is 1. The standard InChI is InChI=1S/C15H14Br2ClN/c1-19(10-11-3-2-4-13(17)7-11)15-8-14(18)6-5-12(15)9-16/h2-8H,9-10H2,1H3. The minimum atomic E-state index is 0.765. The number of nitrogens with zero attached hydrogens (tertiary/aromatic N) is 1. The molecular weight excluding hydrogens is 389 g/mol. The number of hydrogen-bond donors (Lipinski definition) is 0. The second-order valence-electron chi connectivity index (χ2n) is 4.39. The van der Waals surface area contributed by atoms with Crippen LogP contribution in [0.4, 0.5) is 5.69 Å². The molecule has 4 heteroatoms. The van der Waals surface area contributed by atoms with Gasteiger partial charge in [-0.15, -0.1) is 0 Å². The predicted molar refractivity (Wildman–Crippen MR) is 90.3 cm³/mol. The van der Waals surface area contributed by atoms with Crippen molar-refractivity contribution in [2.24, 2.45) is 0 Å². The van der Waals surface area contributed by atoms with Crippen LogP contribution in [0.3, 0.4) is 0 Å². The predicted octanol–water partition coefficient (Wildman–Crippen LogP) is 5.63. The van der Waals surface area contributed by atoms with Crippen LogP contribution in [-0.2, 0) is 11.9 Å². The Kier molecular flexibility index (Phi) is 5.31. The molecule has 2 aromatic rings. The summed E-state index contributed by atoms with van der Waals surface area (Å²) in [7, 11) is 2.08. The van der Waals surface area contributed by atoms with Crippen LogP contribution in [0.15, 0.2) is 46.9 Å². The maximum absolute atomic E-state index is 6.10. The molecule has 0 spiro atoms. The van der Waals surface area contributed by atoms with Gasteiger partial charge in [-0.3, -0.25) is 0 Å². The maximum Gasteiger partial charge on any atom is 0.0426 e. The molecule has 0 aliphatic heterocycles. The summed E-state index contributed by atoms with van der Waals surface area (Å²) in [5.41, 5.74) is 3.66. The molecule has 0 amide bonds. The van der Waals surface area contributed by atoms with E-state index in [2.05, 4.69) is 68.1 Å². The van der Waals surface area contributed by atoms with Crippen molar-refractivity contribution in [3.05, 3.63) is 63.1 Å². The van der Waals surface area contributed by atoms with Crippen molar-refractivity contribution in [1.82, 2.24) is 0 Å². The van der Waals surface area contributed by atoms with E-state index in [4.69, 9.17) is 11.6 Å². The van der Waals surface area contributed by atoms with Crippen LogP contribution in [0.25, 0.3) is 0 Å². The first-order valence-electron chi connectivity index (χ1n) is 5.90.